The molecule has 1 N–H and O–H groups in total. The van der Waals surface area contributed by atoms with Gasteiger partial charge < -0.3 is 4.90 Å². The van der Waals surface area contributed by atoms with Gasteiger partial charge in [0.25, 0.3) is 10.0 Å². The normalized spacial score (nSPS) is 16.3. The Hall–Kier alpha value is -2.34. The first-order valence-corrected chi connectivity index (χ1v) is 11.9. The molecule has 1 amide bonds. The number of amides is 1. The Morgan fingerprint density at radius 3 is 2.41 bits per heavy atom. The minimum absolute atomic E-state index is 0.0665. The van der Waals surface area contributed by atoms with Gasteiger partial charge in [-0.1, -0.05) is 19.9 Å². The minimum atomic E-state index is -3.65. The molecule has 0 aromatic heterocycles. The van der Waals surface area contributed by atoms with Crippen LogP contribution in [0.25, 0.3) is 0 Å². The summed E-state index contributed by atoms with van der Waals surface area (Å²) in [6.45, 7) is 4.51. The zero-order valence-electron chi connectivity index (χ0n) is 17.1. The van der Waals surface area contributed by atoms with Gasteiger partial charge in [0.05, 0.1) is 4.90 Å². The van der Waals surface area contributed by atoms with Gasteiger partial charge in [-0.3, -0.25) is 9.52 Å². The van der Waals surface area contributed by atoms with Crippen LogP contribution in [0.15, 0.2) is 41.3 Å². The monoisotopic (exact) mass is 412 g/mol. The Labute approximate surface area is 173 Å². The number of anilines is 2. The van der Waals surface area contributed by atoms with Crippen molar-refractivity contribution in [2.75, 3.05) is 16.2 Å². The van der Waals surface area contributed by atoms with Crippen LogP contribution >= 0.6 is 0 Å². The Kier molecular flexibility index (Phi) is 5.38. The van der Waals surface area contributed by atoms with E-state index in [4.69, 9.17) is 0 Å². The van der Waals surface area contributed by atoms with E-state index >= 15 is 0 Å². The molecule has 154 valence electrons. The van der Waals surface area contributed by atoms with Crippen molar-refractivity contribution >= 4 is 27.3 Å². The van der Waals surface area contributed by atoms with Crippen molar-refractivity contribution < 1.29 is 13.2 Å². The molecule has 0 fully saturated rings. The molecular weight excluding hydrogens is 384 g/mol. The van der Waals surface area contributed by atoms with Gasteiger partial charge in [0.1, 0.15) is 0 Å². The van der Waals surface area contributed by atoms with E-state index in [2.05, 4.69) is 4.72 Å². The van der Waals surface area contributed by atoms with Crippen LogP contribution in [0.1, 0.15) is 49.8 Å². The van der Waals surface area contributed by atoms with Crippen LogP contribution in [0.2, 0.25) is 0 Å². The topological polar surface area (TPSA) is 66.5 Å². The van der Waals surface area contributed by atoms with Gasteiger partial charge in [0, 0.05) is 23.8 Å². The number of aryl methyl sites for hydroxylation is 3. The van der Waals surface area contributed by atoms with Crippen molar-refractivity contribution in [2.24, 2.45) is 5.92 Å². The Bertz CT molecular complexity index is 1040. The standard InChI is InChI=1S/C23H28N2O3S/c1-16(2)23(26)25-13-5-8-19-14-20(10-12-22(19)25)24-29(27,28)21-11-9-17-6-3-4-7-18(17)15-21/h9-12,14-16,24H,3-8,13H2,1-2H3. The third kappa shape index (κ3) is 4.04. The molecule has 5 nitrogen and oxygen atoms in total. The first-order valence-electron chi connectivity index (χ1n) is 10.4. The highest BCUT2D eigenvalue weighted by atomic mass is 32.2. The summed E-state index contributed by atoms with van der Waals surface area (Å²) in [5.74, 6) is 0.0384. The van der Waals surface area contributed by atoms with Crippen LogP contribution in [-0.2, 0) is 34.1 Å². The predicted octanol–water partition coefficient (Wildman–Crippen LogP) is 4.30. The van der Waals surface area contributed by atoms with Crippen molar-refractivity contribution in [2.45, 2.75) is 57.3 Å². The lowest BCUT2D eigenvalue weighted by atomic mass is 9.92. The molecule has 1 aliphatic heterocycles. The molecule has 0 saturated carbocycles. The number of carbonyl (C=O) groups is 1. The maximum absolute atomic E-state index is 12.9. The lowest BCUT2D eigenvalue weighted by Gasteiger charge is -2.31. The number of rotatable bonds is 4. The smallest absolute Gasteiger partial charge is 0.261 e. The number of hydrogen-bond acceptors (Lipinski definition) is 3. The molecule has 0 saturated heterocycles. The van der Waals surface area contributed by atoms with E-state index in [1.54, 1.807) is 12.1 Å². The Morgan fingerprint density at radius 1 is 0.931 bits per heavy atom. The third-order valence-electron chi connectivity index (χ3n) is 5.84. The summed E-state index contributed by atoms with van der Waals surface area (Å²) in [7, 11) is -3.65. The number of nitrogens with zero attached hydrogens (tertiary/aromatic N) is 1. The minimum Gasteiger partial charge on any atom is -0.312 e. The number of nitrogens with one attached hydrogen (secondary N) is 1. The van der Waals surface area contributed by atoms with E-state index < -0.39 is 10.0 Å². The van der Waals surface area contributed by atoms with E-state index in [9.17, 15) is 13.2 Å². The Morgan fingerprint density at radius 2 is 1.66 bits per heavy atom. The van der Waals surface area contributed by atoms with Crippen LogP contribution in [0.5, 0.6) is 0 Å². The second-order valence-electron chi connectivity index (χ2n) is 8.33. The molecule has 0 unspecified atom stereocenters. The second kappa shape index (κ2) is 7.82. The lowest BCUT2D eigenvalue weighted by molar-refractivity contribution is -0.121. The largest absolute Gasteiger partial charge is 0.312 e. The number of hydrogen-bond donors (Lipinski definition) is 1. The molecule has 6 heteroatoms. The zero-order chi connectivity index (χ0) is 20.6. The number of carbonyl (C=O) groups excluding carboxylic acids is 1. The van der Waals surface area contributed by atoms with Crippen LogP contribution in [0.3, 0.4) is 0 Å². The van der Waals surface area contributed by atoms with E-state index in [0.717, 1.165) is 48.9 Å². The molecule has 29 heavy (non-hydrogen) atoms. The van der Waals surface area contributed by atoms with E-state index in [1.165, 1.54) is 12.0 Å². The SMILES string of the molecule is CC(C)C(=O)N1CCCc2cc(NS(=O)(=O)c3ccc4c(c3)CCCC4)ccc21. The van der Waals surface area contributed by atoms with Crippen molar-refractivity contribution in [3.8, 4) is 0 Å². The second-order valence-corrected chi connectivity index (χ2v) is 10.0. The van der Waals surface area contributed by atoms with Gasteiger partial charge in [-0.25, -0.2) is 8.42 Å². The first-order chi connectivity index (χ1) is 13.8. The third-order valence-corrected chi connectivity index (χ3v) is 7.22. The van der Waals surface area contributed by atoms with Crippen molar-refractivity contribution in [1.29, 1.82) is 0 Å². The lowest BCUT2D eigenvalue weighted by Crippen LogP contribution is -2.38. The summed E-state index contributed by atoms with van der Waals surface area (Å²) in [5, 5.41) is 0. The molecule has 0 radical (unpaired) electrons. The molecule has 2 aromatic rings. The van der Waals surface area contributed by atoms with Crippen LogP contribution in [0, 0.1) is 5.92 Å². The Balaban J connectivity index is 1.59. The van der Waals surface area contributed by atoms with E-state index in [1.807, 2.05) is 43.0 Å². The molecule has 2 aliphatic rings. The fourth-order valence-electron chi connectivity index (χ4n) is 4.29. The molecule has 4 rings (SSSR count). The van der Waals surface area contributed by atoms with Crippen LogP contribution < -0.4 is 9.62 Å². The summed E-state index contributed by atoms with van der Waals surface area (Å²) in [4.78, 5) is 14.6. The van der Waals surface area contributed by atoms with Gasteiger partial charge in [0.2, 0.25) is 5.91 Å². The highest BCUT2D eigenvalue weighted by Gasteiger charge is 2.25. The number of sulfonamides is 1. The molecule has 0 spiro atoms. The van der Waals surface area contributed by atoms with Crippen LogP contribution in [0.4, 0.5) is 11.4 Å². The maximum Gasteiger partial charge on any atom is 0.261 e. The average molecular weight is 413 g/mol. The van der Waals surface area contributed by atoms with Gasteiger partial charge in [-0.05, 0) is 85.5 Å². The number of benzene rings is 2. The summed E-state index contributed by atoms with van der Waals surface area (Å²) >= 11 is 0. The van der Waals surface area contributed by atoms with Gasteiger partial charge >= 0.3 is 0 Å². The summed E-state index contributed by atoms with van der Waals surface area (Å²) in [5.41, 5.74) is 4.86. The summed E-state index contributed by atoms with van der Waals surface area (Å²) in [6, 6.07) is 10.9. The van der Waals surface area contributed by atoms with Gasteiger partial charge in [-0.15, -0.1) is 0 Å². The summed E-state index contributed by atoms with van der Waals surface area (Å²) in [6.07, 6.45) is 5.97. The van der Waals surface area contributed by atoms with E-state index in [-0.39, 0.29) is 11.8 Å². The average Bonchev–Trinajstić information content (AvgIpc) is 2.72. The first kappa shape index (κ1) is 20.0. The molecule has 1 aliphatic carbocycles. The van der Waals surface area contributed by atoms with Crippen LogP contribution in [-0.4, -0.2) is 20.9 Å². The highest BCUT2D eigenvalue weighted by molar-refractivity contribution is 7.92. The molecule has 0 bridgehead atoms. The molecule has 1 heterocycles. The van der Waals surface area contributed by atoms with Crippen molar-refractivity contribution in [1.82, 2.24) is 0 Å². The highest BCUT2D eigenvalue weighted by Crippen LogP contribution is 2.32. The fraction of sp³-hybridized carbons (Fsp3) is 0.435. The molecule has 0 atom stereocenters. The number of fused-ring (bicyclic) bond motifs is 2. The fourth-order valence-corrected chi connectivity index (χ4v) is 5.39. The van der Waals surface area contributed by atoms with Crippen molar-refractivity contribution in [3.05, 3.63) is 53.1 Å². The molecule has 2 aromatic carbocycles. The quantitative estimate of drug-likeness (QED) is 0.814. The molecular formula is C23H28N2O3S. The summed E-state index contributed by atoms with van der Waals surface area (Å²) < 4.78 is 28.6. The maximum atomic E-state index is 12.9. The van der Waals surface area contributed by atoms with E-state index in [0.29, 0.717) is 17.1 Å². The zero-order valence-corrected chi connectivity index (χ0v) is 17.9. The predicted molar refractivity (Wildman–Crippen MR) is 116 cm³/mol. The van der Waals surface area contributed by atoms with Crippen molar-refractivity contribution in [3.63, 3.8) is 0 Å². The van der Waals surface area contributed by atoms with Gasteiger partial charge in [0.15, 0.2) is 0 Å². The van der Waals surface area contributed by atoms with Gasteiger partial charge in [-0.2, -0.15) is 0 Å².